The second kappa shape index (κ2) is 13.6. The molecule has 1 heterocycles. The van der Waals surface area contributed by atoms with Crippen molar-refractivity contribution in [3.63, 3.8) is 0 Å². The molecule has 0 saturated carbocycles. The van der Waals surface area contributed by atoms with Crippen LogP contribution in [0, 0.1) is 5.82 Å². The smallest absolute Gasteiger partial charge is 0.423 e. The number of rotatable bonds is 8. The monoisotopic (exact) mass is 677 g/mol. The van der Waals surface area contributed by atoms with Crippen LogP contribution in [0.5, 0.6) is 0 Å². The molecule has 3 aromatic rings. The Bertz CT molecular complexity index is 1840. The maximum Gasteiger partial charge on any atom is 0.423 e. The molecule has 2 amide bonds. The first-order valence-corrected chi connectivity index (χ1v) is 16.1. The Morgan fingerprint density at radius 2 is 1.54 bits per heavy atom. The number of alkyl carbamates (subject to hydrolysis) is 1. The van der Waals surface area contributed by atoms with Crippen molar-refractivity contribution in [2.45, 2.75) is 65.0 Å². The Morgan fingerprint density at radius 3 is 2.13 bits per heavy atom. The first kappa shape index (κ1) is 36.2. The first-order chi connectivity index (χ1) is 21.1. The van der Waals surface area contributed by atoms with E-state index in [0.29, 0.717) is 15.4 Å². The van der Waals surface area contributed by atoms with Gasteiger partial charge in [0, 0.05) is 49.6 Å². The standard InChI is InChI=1S/C32H37ClFN3O8S/c1-31(2,3)44-29(40)35-16-20-14-27(38)36(7)17-25(20)24-13-19(18-46(42,43)37(8)30(41)45-32(4,5)6)9-11-22(24)28(39)23-12-10-21(34)15-26(23)33/h9-15,17H,16,18H2,1-8H3,(H,35,40). The predicted octanol–water partition coefficient (Wildman–Crippen LogP) is 5.80. The van der Waals surface area contributed by atoms with Gasteiger partial charge in [0.05, 0.1) is 10.8 Å². The van der Waals surface area contributed by atoms with Crippen molar-refractivity contribution in [2.24, 2.45) is 7.05 Å². The van der Waals surface area contributed by atoms with E-state index in [-0.39, 0.29) is 33.8 Å². The van der Waals surface area contributed by atoms with Gasteiger partial charge in [0.25, 0.3) is 5.56 Å². The summed E-state index contributed by atoms with van der Waals surface area (Å²) in [7, 11) is -1.70. The summed E-state index contributed by atoms with van der Waals surface area (Å²) in [6, 6.07) is 8.77. The number of aromatic nitrogens is 1. The number of ketones is 1. The first-order valence-electron chi connectivity index (χ1n) is 14.1. The van der Waals surface area contributed by atoms with Crippen LogP contribution in [-0.2, 0) is 38.8 Å². The number of amides is 2. The molecular formula is C32H37ClFN3O8S. The quantitative estimate of drug-likeness (QED) is 0.295. The van der Waals surface area contributed by atoms with Gasteiger partial charge in [0.1, 0.15) is 17.0 Å². The molecule has 0 bridgehead atoms. The normalized spacial score (nSPS) is 12.0. The molecule has 0 atom stereocenters. The summed E-state index contributed by atoms with van der Waals surface area (Å²) in [5.41, 5.74) is -1.15. The lowest BCUT2D eigenvalue weighted by Crippen LogP contribution is -2.38. The summed E-state index contributed by atoms with van der Waals surface area (Å²) in [6.45, 7) is 9.68. The molecule has 0 aliphatic heterocycles. The Morgan fingerprint density at radius 1 is 0.935 bits per heavy atom. The highest BCUT2D eigenvalue weighted by molar-refractivity contribution is 7.88. The second-order valence-corrected chi connectivity index (χ2v) is 15.0. The van der Waals surface area contributed by atoms with E-state index in [0.717, 1.165) is 19.2 Å². The van der Waals surface area contributed by atoms with Crippen LogP contribution in [0.1, 0.15) is 68.6 Å². The van der Waals surface area contributed by atoms with E-state index in [1.54, 1.807) is 41.5 Å². The van der Waals surface area contributed by atoms with Crippen molar-refractivity contribution < 1.29 is 36.7 Å². The Hall–Kier alpha value is -4.23. The van der Waals surface area contributed by atoms with Crippen LogP contribution >= 0.6 is 11.6 Å². The number of hydrogen-bond donors (Lipinski definition) is 1. The maximum atomic E-state index is 13.8. The Labute approximate surface area is 272 Å². The molecule has 14 heteroatoms. The van der Waals surface area contributed by atoms with Gasteiger partial charge < -0.3 is 19.4 Å². The van der Waals surface area contributed by atoms with Crippen LogP contribution in [0.15, 0.2) is 53.5 Å². The molecule has 2 aromatic carbocycles. The maximum absolute atomic E-state index is 13.8. The van der Waals surface area contributed by atoms with Crippen molar-refractivity contribution in [1.82, 2.24) is 14.2 Å². The summed E-state index contributed by atoms with van der Waals surface area (Å²) >= 11 is 6.22. The molecule has 0 fully saturated rings. The zero-order valence-corrected chi connectivity index (χ0v) is 28.4. The lowest BCUT2D eigenvalue weighted by Gasteiger charge is -2.24. The van der Waals surface area contributed by atoms with Crippen molar-refractivity contribution >= 4 is 39.6 Å². The molecule has 0 saturated heterocycles. The summed E-state index contributed by atoms with van der Waals surface area (Å²) in [4.78, 5) is 51.5. The summed E-state index contributed by atoms with van der Waals surface area (Å²) in [6.07, 6.45) is -0.379. The topological polar surface area (TPSA) is 141 Å². The number of nitrogens with zero attached hydrogens (tertiary/aromatic N) is 2. The fraction of sp³-hybridized carbons (Fsp3) is 0.375. The van der Waals surface area contributed by atoms with E-state index < -0.39 is 56.3 Å². The van der Waals surface area contributed by atoms with Gasteiger partial charge >= 0.3 is 12.2 Å². The van der Waals surface area contributed by atoms with Gasteiger partial charge in [-0.15, -0.1) is 0 Å². The van der Waals surface area contributed by atoms with Crippen LogP contribution in [0.4, 0.5) is 14.0 Å². The van der Waals surface area contributed by atoms with Crippen LogP contribution in [0.3, 0.4) is 0 Å². The SMILES string of the molecule is CN(C(=O)OC(C)(C)C)S(=O)(=O)Cc1ccc(C(=O)c2ccc(F)cc2Cl)c(-c2cn(C)c(=O)cc2CNC(=O)OC(C)(C)C)c1. The van der Waals surface area contributed by atoms with Crippen LogP contribution in [0.25, 0.3) is 11.1 Å². The number of ether oxygens (including phenoxy) is 2. The second-order valence-electron chi connectivity index (χ2n) is 12.6. The van der Waals surface area contributed by atoms with Gasteiger partial charge in [0.15, 0.2) is 5.78 Å². The fourth-order valence-corrected chi connectivity index (χ4v) is 5.52. The third-order valence-electron chi connectivity index (χ3n) is 6.35. The number of halogens is 2. The molecule has 0 aliphatic rings. The largest absolute Gasteiger partial charge is 0.444 e. The summed E-state index contributed by atoms with van der Waals surface area (Å²) in [5, 5.41) is 2.45. The minimum absolute atomic E-state index is 0.0207. The molecule has 1 aromatic heterocycles. The minimum Gasteiger partial charge on any atom is -0.444 e. The average molecular weight is 678 g/mol. The molecule has 248 valence electrons. The zero-order valence-electron chi connectivity index (χ0n) is 26.9. The van der Waals surface area contributed by atoms with Crippen molar-refractivity contribution in [2.75, 3.05) is 7.05 Å². The predicted molar refractivity (Wildman–Crippen MR) is 172 cm³/mol. The molecule has 0 unspecified atom stereocenters. The number of pyridine rings is 1. The molecule has 0 radical (unpaired) electrons. The lowest BCUT2D eigenvalue weighted by molar-refractivity contribution is 0.0419. The summed E-state index contributed by atoms with van der Waals surface area (Å²) in [5.74, 6) is -1.91. The Balaban J connectivity index is 2.18. The van der Waals surface area contributed by atoms with Gasteiger partial charge in [-0.05, 0) is 82.5 Å². The number of aryl methyl sites for hydroxylation is 1. The number of benzene rings is 2. The number of hydrogen-bond acceptors (Lipinski definition) is 8. The van der Waals surface area contributed by atoms with Crippen molar-refractivity contribution in [3.05, 3.63) is 92.1 Å². The minimum atomic E-state index is -4.26. The van der Waals surface area contributed by atoms with Gasteiger partial charge in [-0.2, -0.15) is 0 Å². The van der Waals surface area contributed by atoms with Crippen molar-refractivity contribution in [1.29, 1.82) is 0 Å². The fourth-order valence-electron chi connectivity index (χ4n) is 4.21. The number of nitrogens with one attached hydrogen (secondary N) is 1. The van der Waals surface area contributed by atoms with Gasteiger partial charge in [-0.25, -0.2) is 26.7 Å². The van der Waals surface area contributed by atoms with Gasteiger partial charge in [0.2, 0.25) is 10.0 Å². The highest BCUT2D eigenvalue weighted by Crippen LogP contribution is 2.32. The van der Waals surface area contributed by atoms with E-state index in [1.807, 2.05) is 0 Å². The highest BCUT2D eigenvalue weighted by atomic mass is 35.5. The molecule has 0 aliphatic carbocycles. The van der Waals surface area contributed by atoms with Crippen LogP contribution < -0.4 is 10.9 Å². The van der Waals surface area contributed by atoms with E-state index in [1.165, 1.54) is 48.1 Å². The lowest BCUT2D eigenvalue weighted by atomic mass is 9.91. The third kappa shape index (κ3) is 9.39. The number of sulfonamides is 1. The van der Waals surface area contributed by atoms with E-state index in [9.17, 15) is 32.0 Å². The number of carbonyl (C=O) groups is 3. The third-order valence-corrected chi connectivity index (χ3v) is 8.34. The van der Waals surface area contributed by atoms with Gasteiger partial charge in [-0.1, -0.05) is 23.7 Å². The van der Waals surface area contributed by atoms with E-state index in [4.69, 9.17) is 21.1 Å². The molecule has 11 nitrogen and oxygen atoms in total. The highest BCUT2D eigenvalue weighted by Gasteiger charge is 2.29. The molecule has 3 rings (SSSR count). The van der Waals surface area contributed by atoms with Crippen LogP contribution in [0.2, 0.25) is 5.02 Å². The average Bonchev–Trinajstić information content (AvgIpc) is 2.90. The van der Waals surface area contributed by atoms with E-state index >= 15 is 0 Å². The summed E-state index contributed by atoms with van der Waals surface area (Å²) < 4.78 is 52.6. The molecule has 0 spiro atoms. The molecule has 1 N–H and O–H groups in total. The zero-order chi connectivity index (χ0) is 34.8. The van der Waals surface area contributed by atoms with E-state index in [2.05, 4.69) is 5.32 Å². The molecular weight excluding hydrogens is 641 g/mol. The molecule has 46 heavy (non-hydrogen) atoms. The van der Waals surface area contributed by atoms with Gasteiger partial charge in [-0.3, -0.25) is 9.59 Å². The number of carbonyl (C=O) groups excluding carboxylic acids is 3. The van der Waals surface area contributed by atoms with Crippen LogP contribution in [-0.4, -0.2) is 53.5 Å². The Kier molecular flexibility index (Phi) is 10.7. The van der Waals surface area contributed by atoms with Crippen molar-refractivity contribution in [3.8, 4) is 11.1 Å².